The Bertz CT molecular complexity index is 461. The van der Waals surface area contributed by atoms with Gasteiger partial charge in [0.15, 0.2) is 9.84 Å². The van der Waals surface area contributed by atoms with Crippen LogP contribution in [0.4, 0.5) is 5.82 Å². The number of nitro groups is 1. The summed E-state index contributed by atoms with van der Waals surface area (Å²) in [4.78, 5) is 13.4. The zero-order valence-electron chi connectivity index (χ0n) is 7.67. The molecule has 1 rings (SSSR count). The Hall–Kier alpha value is -1.44. The Balaban J connectivity index is 3.08. The van der Waals surface area contributed by atoms with Crippen molar-refractivity contribution in [2.75, 3.05) is 6.26 Å². The zero-order valence-corrected chi connectivity index (χ0v) is 8.48. The van der Waals surface area contributed by atoms with E-state index in [1.54, 1.807) is 0 Å². The predicted molar refractivity (Wildman–Crippen MR) is 48.4 cm³/mol. The van der Waals surface area contributed by atoms with Crippen molar-refractivity contribution in [2.45, 2.75) is 5.75 Å². The van der Waals surface area contributed by atoms with Crippen molar-refractivity contribution < 1.29 is 13.3 Å². The van der Waals surface area contributed by atoms with Gasteiger partial charge in [0.05, 0.1) is 7.05 Å². The molecule has 0 saturated carbocycles. The number of aromatic nitrogens is 2. The summed E-state index contributed by atoms with van der Waals surface area (Å²) in [5, 5.41) is 10.4. The first-order chi connectivity index (χ1) is 6.31. The van der Waals surface area contributed by atoms with Crippen LogP contribution in [-0.4, -0.2) is 29.1 Å². The lowest BCUT2D eigenvalue weighted by Crippen LogP contribution is -2.08. The van der Waals surface area contributed by atoms with E-state index in [2.05, 4.69) is 4.98 Å². The van der Waals surface area contributed by atoms with Crippen molar-refractivity contribution in [3.63, 3.8) is 0 Å². The highest BCUT2D eigenvalue weighted by Gasteiger charge is 2.19. The van der Waals surface area contributed by atoms with Gasteiger partial charge in [-0.15, -0.1) is 0 Å². The molecule has 0 aliphatic heterocycles. The van der Waals surface area contributed by atoms with Gasteiger partial charge in [0.25, 0.3) is 0 Å². The third-order valence-corrected chi connectivity index (χ3v) is 2.42. The smallest absolute Gasteiger partial charge is 0.342 e. The van der Waals surface area contributed by atoms with Gasteiger partial charge in [0.2, 0.25) is 5.82 Å². The molecule has 0 spiro atoms. The molecule has 14 heavy (non-hydrogen) atoms. The van der Waals surface area contributed by atoms with E-state index in [0.29, 0.717) is 0 Å². The van der Waals surface area contributed by atoms with Crippen molar-refractivity contribution in [2.24, 2.45) is 7.05 Å². The van der Waals surface area contributed by atoms with Crippen LogP contribution in [0.5, 0.6) is 0 Å². The minimum absolute atomic E-state index is 0.166. The predicted octanol–water partition coefficient (Wildman–Crippen LogP) is -0.127. The molecule has 0 aromatic carbocycles. The highest BCUT2D eigenvalue weighted by atomic mass is 32.2. The maximum Gasteiger partial charge on any atom is 0.342 e. The van der Waals surface area contributed by atoms with Crippen molar-refractivity contribution in [1.82, 2.24) is 9.55 Å². The second-order valence-electron chi connectivity index (χ2n) is 2.92. The van der Waals surface area contributed by atoms with Crippen LogP contribution in [0, 0.1) is 10.1 Å². The van der Waals surface area contributed by atoms with Crippen molar-refractivity contribution in [3.05, 3.63) is 22.1 Å². The number of hydrogen-bond acceptors (Lipinski definition) is 5. The molecule has 1 aromatic heterocycles. The van der Waals surface area contributed by atoms with Gasteiger partial charge >= 0.3 is 5.82 Å². The first-order valence-electron chi connectivity index (χ1n) is 3.64. The van der Waals surface area contributed by atoms with Crippen LogP contribution < -0.4 is 0 Å². The summed E-state index contributed by atoms with van der Waals surface area (Å²) in [7, 11) is -1.81. The summed E-state index contributed by atoms with van der Waals surface area (Å²) in [6.07, 6.45) is 2.09. The summed E-state index contributed by atoms with van der Waals surface area (Å²) >= 11 is 0. The molecule has 78 valence electrons. The molecule has 0 N–H and O–H groups in total. The molecule has 1 aromatic rings. The highest BCUT2D eigenvalue weighted by molar-refractivity contribution is 7.89. The van der Waals surface area contributed by atoms with Gasteiger partial charge in [-0.25, -0.2) is 18.0 Å². The Morgan fingerprint density at radius 3 is 2.57 bits per heavy atom. The van der Waals surface area contributed by atoms with E-state index in [1.807, 2.05) is 0 Å². The van der Waals surface area contributed by atoms with Gasteiger partial charge in [-0.3, -0.25) is 0 Å². The van der Waals surface area contributed by atoms with Crippen molar-refractivity contribution >= 4 is 15.7 Å². The van der Waals surface area contributed by atoms with Crippen LogP contribution in [-0.2, 0) is 22.6 Å². The average molecular weight is 219 g/mol. The van der Waals surface area contributed by atoms with Gasteiger partial charge < -0.3 is 10.1 Å². The maximum atomic E-state index is 10.9. The Kier molecular flexibility index (Phi) is 2.56. The third kappa shape index (κ3) is 2.28. The molecule has 0 radical (unpaired) electrons. The fourth-order valence-corrected chi connectivity index (χ4v) is 1.71. The van der Waals surface area contributed by atoms with E-state index >= 15 is 0 Å². The second kappa shape index (κ2) is 3.37. The van der Waals surface area contributed by atoms with Crippen molar-refractivity contribution in [3.8, 4) is 0 Å². The van der Waals surface area contributed by atoms with Crippen LogP contribution in [0.2, 0.25) is 0 Å². The molecule has 0 aliphatic carbocycles. The molecule has 0 fully saturated rings. The molecule has 0 saturated heterocycles. The number of sulfone groups is 1. The molecule has 7 nitrogen and oxygen atoms in total. The summed E-state index contributed by atoms with van der Waals surface area (Å²) in [5.74, 6) is -0.347. The molecule has 0 atom stereocenters. The van der Waals surface area contributed by atoms with E-state index in [9.17, 15) is 18.5 Å². The Morgan fingerprint density at radius 1 is 1.64 bits per heavy atom. The number of imidazole rings is 1. The van der Waals surface area contributed by atoms with Gasteiger partial charge in [-0.2, -0.15) is 0 Å². The van der Waals surface area contributed by atoms with E-state index in [-0.39, 0.29) is 17.4 Å². The largest absolute Gasteiger partial charge is 0.358 e. The third-order valence-electron chi connectivity index (χ3n) is 1.64. The molecule has 0 unspecified atom stereocenters. The van der Waals surface area contributed by atoms with Crippen LogP contribution in [0.3, 0.4) is 0 Å². The van der Waals surface area contributed by atoms with Crippen LogP contribution in [0.25, 0.3) is 0 Å². The fourth-order valence-electron chi connectivity index (χ4n) is 0.976. The highest BCUT2D eigenvalue weighted by Crippen LogP contribution is 2.13. The van der Waals surface area contributed by atoms with Gasteiger partial charge in [0, 0.05) is 6.26 Å². The summed E-state index contributed by atoms with van der Waals surface area (Å²) < 4.78 is 23.0. The van der Waals surface area contributed by atoms with Crippen LogP contribution >= 0.6 is 0 Å². The fraction of sp³-hybridized carbons (Fsp3) is 0.500. The Labute approximate surface area is 80.4 Å². The molecule has 0 aliphatic rings. The molecular weight excluding hydrogens is 210 g/mol. The molecule has 0 bridgehead atoms. The first kappa shape index (κ1) is 10.6. The standard InChI is InChI=1S/C6H9N3O4S/c1-8-5(4-14(2,12)13)7-3-6(8)9(10)11/h3H,4H2,1-2H3. The lowest BCUT2D eigenvalue weighted by Gasteiger charge is -1.96. The summed E-state index contributed by atoms with van der Waals surface area (Å²) in [5.41, 5.74) is 0. The Morgan fingerprint density at radius 2 is 2.21 bits per heavy atom. The minimum Gasteiger partial charge on any atom is -0.358 e. The lowest BCUT2D eigenvalue weighted by atomic mass is 10.7. The van der Waals surface area contributed by atoms with E-state index < -0.39 is 14.8 Å². The zero-order chi connectivity index (χ0) is 10.9. The second-order valence-corrected chi connectivity index (χ2v) is 5.06. The van der Waals surface area contributed by atoms with Gasteiger partial charge in [0.1, 0.15) is 11.9 Å². The number of rotatable bonds is 3. The minimum atomic E-state index is -3.22. The summed E-state index contributed by atoms with van der Waals surface area (Å²) in [6, 6.07) is 0. The van der Waals surface area contributed by atoms with E-state index in [4.69, 9.17) is 0 Å². The van der Waals surface area contributed by atoms with Crippen LogP contribution in [0.15, 0.2) is 6.20 Å². The van der Waals surface area contributed by atoms with Crippen molar-refractivity contribution in [1.29, 1.82) is 0 Å². The molecule has 8 heteroatoms. The number of nitrogens with zero attached hydrogens (tertiary/aromatic N) is 3. The maximum absolute atomic E-state index is 10.9. The van der Waals surface area contributed by atoms with Gasteiger partial charge in [-0.05, 0) is 4.92 Å². The molecule has 1 heterocycles. The summed E-state index contributed by atoms with van der Waals surface area (Å²) in [6.45, 7) is 0. The van der Waals surface area contributed by atoms with E-state index in [1.165, 1.54) is 7.05 Å². The number of hydrogen-bond donors (Lipinski definition) is 0. The molecule has 0 amide bonds. The van der Waals surface area contributed by atoms with Crippen LogP contribution in [0.1, 0.15) is 5.82 Å². The monoisotopic (exact) mass is 219 g/mol. The first-order valence-corrected chi connectivity index (χ1v) is 5.70. The van der Waals surface area contributed by atoms with E-state index in [0.717, 1.165) is 17.0 Å². The quantitative estimate of drug-likeness (QED) is 0.521. The van der Waals surface area contributed by atoms with Gasteiger partial charge in [-0.1, -0.05) is 0 Å². The molecular formula is C6H9N3O4S. The average Bonchev–Trinajstić information content (AvgIpc) is 2.29. The topological polar surface area (TPSA) is 95.1 Å². The lowest BCUT2D eigenvalue weighted by molar-refractivity contribution is -0.391. The SMILES string of the molecule is Cn1c([N+](=O)[O-])cnc1CS(C)(=O)=O. The normalized spacial score (nSPS) is 11.6.